The summed E-state index contributed by atoms with van der Waals surface area (Å²) in [6.07, 6.45) is 6.03. The molecule has 2 N–H and O–H groups in total. The Balaban J connectivity index is 1.77. The summed E-state index contributed by atoms with van der Waals surface area (Å²) in [5.74, 6) is 4.00. The Morgan fingerprint density at radius 2 is 2.10 bits per heavy atom. The maximum atomic E-state index is 6.38. The molecule has 0 amide bonds. The van der Waals surface area contributed by atoms with Crippen LogP contribution in [0.1, 0.15) is 37.7 Å². The van der Waals surface area contributed by atoms with Crippen LogP contribution < -0.4 is 15.2 Å². The van der Waals surface area contributed by atoms with Crippen molar-refractivity contribution >= 4 is 11.8 Å². The highest BCUT2D eigenvalue weighted by Crippen LogP contribution is 2.42. The van der Waals surface area contributed by atoms with Crippen molar-refractivity contribution in [1.82, 2.24) is 0 Å². The van der Waals surface area contributed by atoms with Gasteiger partial charge >= 0.3 is 0 Å². The SMILES string of the molecule is COc1cc(C2(N)CCC2)ccc1OC1CCCSC1. The van der Waals surface area contributed by atoms with E-state index in [1.54, 1.807) is 7.11 Å². The Labute approximate surface area is 125 Å². The second kappa shape index (κ2) is 5.86. The molecule has 1 heterocycles. The predicted molar refractivity (Wildman–Crippen MR) is 83.7 cm³/mol. The first kappa shape index (κ1) is 14.1. The van der Waals surface area contributed by atoms with E-state index < -0.39 is 0 Å². The first-order valence-corrected chi connectivity index (χ1v) is 8.58. The van der Waals surface area contributed by atoms with Crippen LogP contribution in [0.5, 0.6) is 11.5 Å². The van der Waals surface area contributed by atoms with Crippen LogP contribution in [0.3, 0.4) is 0 Å². The van der Waals surface area contributed by atoms with E-state index in [9.17, 15) is 0 Å². The Morgan fingerprint density at radius 1 is 1.25 bits per heavy atom. The van der Waals surface area contributed by atoms with Gasteiger partial charge < -0.3 is 15.2 Å². The number of rotatable bonds is 4. The van der Waals surface area contributed by atoms with Gasteiger partial charge in [-0.05, 0) is 55.6 Å². The van der Waals surface area contributed by atoms with E-state index in [2.05, 4.69) is 12.1 Å². The molecule has 3 rings (SSSR count). The first-order chi connectivity index (χ1) is 9.71. The van der Waals surface area contributed by atoms with Crippen LogP contribution in [0, 0.1) is 0 Å². The predicted octanol–water partition coefficient (Wildman–Crippen LogP) is 3.31. The quantitative estimate of drug-likeness (QED) is 0.925. The molecule has 20 heavy (non-hydrogen) atoms. The number of methoxy groups -OCH3 is 1. The number of benzene rings is 1. The summed E-state index contributed by atoms with van der Waals surface area (Å²) in [6, 6.07) is 6.19. The van der Waals surface area contributed by atoms with Gasteiger partial charge in [0.25, 0.3) is 0 Å². The number of hydrogen-bond acceptors (Lipinski definition) is 4. The van der Waals surface area contributed by atoms with Gasteiger partial charge in [-0.25, -0.2) is 0 Å². The summed E-state index contributed by atoms with van der Waals surface area (Å²) in [5.41, 5.74) is 7.41. The molecular formula is C16H23NO2S. The highest BCUT2D eigenvalue weighted by Gasteiger charge is 2.35. The monoisotopic (exact) mass is 293 g/mol. The molecule has 0 aromatic heterocycles. The molecule has 110 valence electrons. The minimum Gasteiger partial charge on any atom is -0.493 e. The lowest BCUT2D eigenvalue weighted by Gasteiger charge is -2.39. The lowest BCUT2D eigenvalue weighted by Crippen LogP contribution is -2.43. The molecule has 0 radical (unpaired) electrons. The third-order valence-corrected chi connectivity index (χ3v) is 5.58. The van der Waals surface area contributed by atoms with Crippen molar-refractivity contribution in [3.05, 3.63) is 23.8 Å². The van der Waals surface area contributed by atoms with Crippen LogP contribution in [-0.4, -0.2) is 24.7 Å². The molecule has 4 heteroatoms. The molecule has 2 fully saturated rings. The molecular weight excluding hydrogens is 270 g/mol. The third-order valence-electron chi connectivity index (χ3n) is 4.40. The first-order valence-electron chi connectivity index (χ1n) is 7.43. The average Bonchev–Trinajstić information content (AvgIpc) is 2.46. The number of thioether (sulfide) groups is 1. The summed E-state index contributed by atoms with van der Waals surface area (Å²) < 4.78 is 11.6. The van der Waals surface area contributed by atoms with Crippen molar-refractivity contribution in [1.29, 1.82) is 0 Å². The Hall–Kier alpha value is -0.870. The minimum atomic E-state index is -0.146. The van der Waals surface area contributed by atoms with E-state index in [0.717, 1.165) is 36.5 Å². The van der Waals surface area contributed by atoms with Crippen LogP contribution in [0.4, 0.5) is 0 Å². The van der Waals surface area contributed by atoms with Gasteiger partial charge in [-0.15, -0.1) is 0 Å². The molecule has 1 aromatic rings. The van der Waals surface area contributed by atoms with Crippen molar-refractivity contribution in [2.24, 2.45) is 5.73 Å². The zero-order valence-corrected chi connectivity index (χ0v) is 12.9. The van der Waals surface area contributed by atoms with Gasteiger partial charge in [0.1, 0.15) is 6.10 Å². The zero-order valence-electron chi connectivity index (χ0n) is 12.1. The minimum absolute atomic E-state index is 0.146. The lowest BCUT2D eigenvalue weighted by atomic mass is 9.73. The molecule has 2 aliphatic rings. The van der Waals surface area contributed by atoms with Gasteiger partial charge in [0.15, 0.2) is 11.5 Å². The van der Waals surface area contributed by atoms with Gasteiger partial charge in [-0.3, -0.25) is 0 Å². The molecule has 0 spiro atoms. The van der Waals surface area contributed by atoms with Gasteiger partial charge in [-0.2, -0.15) is 11.8 Å². The van der Waals surface area contributed by atoms with Gasteiger partial charge in [0.2, 0.25) is 0 Å². The van der Waals surface area contributed by atoms with E-state index in [1.165, 1.54) is 24.2 Å². The Morgan fingerprint density at radius 3 is 2.70 bits per heavy atom. The van der Waals surface area contributed by atoms with Crippen molar-refractivity contribution in [3.8, 4) is 11.5 Å². The van der Waals surface area contributed by atoms with E-state index in [0.29, 0.717) is 6.10 Å². The van der Waals surface area contributed by atoms with E-state index in [4.69, 9.17) is 15.2 Å². The Bertz CT molecular complexity index is 468. The van der Waals surface area contributed by atoms with Crippen LogP contribution >= 0.6 is 11.8 Å². The fourth-order valence-corrected chi connectivity index (χ4v) is 3.94. The largest absolute Gasteiger partial charge is 0.493 e. The number of hydrogen-bond donors (Lipinski definition) is 1. The van der Waals surface area contributed by atoms with Crippen LogP contribution in [0.15, 0.2) is 18.2 Å². The third kappa shape index (κ3) is 2.77. The smallest absolute Gasteiger partial charge is 0.161 e. The Kier molecular flexibility index (Phi) is 4.13. The van der Waals surface area contributed by atoms with E-state index in [1.807, 2.05) is 17.8 Å². The summed E-state index contributed by atoms with van der Waals surface area (Å²) in [5, 5.41) is 0. The molecule has 3 nitrogen and oxygen atoms in total. The molecule has 1 saturated heterocycles. The number of nitrogens with two attached hydrogens (primary N) is 1. The second-order valence-electron chi connectivity index (χ2n) is 5.83. The standard InChI is InChI=1S/C16H23NO2S/c1-18-15-10-12(16(17)7-3-8-16)5-6-14(15)19-13-4-2-9-20-11-13/h5-6,10,13H,2-4,7-9,11,17H2,1H3. The van der Waals surface area contributed by atoms with E-state index in [-0.39, 0.29) is 5.54 Å². The van der Waals surface area contributed by atoms with Crippen molar-refractivity contribution in [2.45, 2.75) is 43.7 Å². The van der Waals surface area contributed by atoms with Crippen LogP contribution in [0.25, 0.3) is 0 Å². The van der Waals surface area contributed by atoms with Gasteiger partial charge in [-0.1, -0.05) is 6.07 Å². The highest BCUT2D eigenvalue weighted by atomic mass is 32.2. The summed E-state index contributed by atoms with van der Waals surface area (Å²) >= 11 is 1.97. The fourth-order valence-electron chi connectivity index (χ4n) is 2.90. The van der Waals surface area contributed by atoms with Gasteiger partial charge in [0, 0.05) is 11.3 Å². The number of ether oxygens (including phenoxy) is 2. The topological polar surface area (TPSA) is 44.5 Å². The molecule has 1 aromatic carbocycles. The van der Waals surface area contributed by atoms with Gasteiger partial charge in [0.05, 0.1) is 7.11 Å². The zero-order chi connectivity index (χ0) is 14.0. The molecule has 1 saturated carbocycles. The van der Waals surface area contributed by atoms with Crippen molar-refractivity contribution in [3.63, 3.8) is 0 Å². The van der Waals surface area contributed by atoms with Crippen LogP contribution in [0.2, 0.25) is 0 Å². The van der Waals surface area contributed by atoms with Crippen LogP contribution in [-0.2, 0) is 5.54 Å². The normalized spacial score (nSPS) is 24.8. The highest BCUT2D eigenvalue weighted by molar-refractivity contribution is 7.99. The van der Waals surface area contributed by atoms with E-state index >= 15 is 0 Å². The molecule has 1 unspecified atom stereocenters. The fraction of sp³-hybridized carbons (Fsp3) is 0.625. The molecule has 1 aliphatic carbocycles. The van der Waals surface area contributed by atoms with Crippen molar-refractivity contribution < 1.29 is 9.47 Å². The lowest BCUT2D eigenvalue weighted by molar-refractivity contribution is 0.201. The maximum Gasteiger partial charge on any atom is 0.161 e. The average molecular weight is 293 g/mol. The maximum absolute atomic E-state index is 6.38. The summed E-state index contributed by atoms with van der Waals surface area (Å²) in [7, 11) is 1.70. The molecule has 1 aliphatic heterocycles. The summed E-state index contributed by atoms with van der Waals surface area (Å²) in [6.45, 7) is 0. The molecule has 1 atom stereocenters. The second-order valence-corrected chi connectivity index (χ2v) is 6.98. The summed E-state index contributed by atoms with van der Waals surface area (Å²) in [4.78, 5) is 0. The van der Waals surface area contributed by atoms with Crippen molar-refractivity contribution in [2.75, 3.05) is 18.6 Å². The molecule has 0 bridgehead atoms.